The Morgan fingerprint density at radius 2 is 1.68 bits per heavy atom. The van der Waals surface area contributed by atoms with Crippen molar-refractivity contribution in [3.63, 3.8) is 0 Å². The van der Waals surface area contributed by atoms with Crippen LogP contribution in [0.1, 0.15) is 33.6 Å². The summed E-state index contributed by atoms with van der Waals surface area (Å²) in [5, 5.41) is 0. The van der Waals surface area contributed by atoms with Gasteiger partial charge >= 0.3 is 6.09 Å². The van der Waals surface area contributed by atoms with E-state index in [1.165, 1.54) is 4.90 Å². The van der Waals surface area contributed by atoms with Crippen molar-refractivity contribution in [1.29, 1.82) is 0 Å². The molecule has 0 aromatic heterocycles. The van der Waals surface area contributed by atoms with Crippen LogP contribution in [0.3, 0.4) is 0 Å². The minimum atomic E-state index is -0.819. The Labute approximate surface area is 110 Å². The van der Waals surface area contributed by atoms with E-state index in [1.54, 1.807) is 24.3 Å². The van der Waals surface area contributed by atoms with Crippen LogP contribution in [-0.2, 0) is 4.74 Å². The van der Waals surface area contributed by atoms with E-state index in [0.717, 1.165) is 0 Å². The molecule has 100 valence electrons. The molecule has 0 spiro atoms. The van der Waals surface area contributed by atoms with E-state index in [4.69, 9.17) is 5.73 Å². The van der Waals surface area contributed by atoms with Gasteiger partial charge in [-0.2, -0.15) is 0 Å². The summed E-state index contributed by atoms with van der Waals surface area (Å²) in [4.78, 5) is 35.5. The number of ether oxygens (including phenoxy) is 1. The molecule has 1 aliphatic heterocycles. The van der Waals surface area contributed by atoms with E-state index >= 15 is 0 Å². The first kappa shape index (κ1) is 13.1. The highest BCUT2D eigenvalue weighted by atomic mass is 16.5. The summed E-state index contributed by atoms with van der Waals surface area (Å²) < 4.78 is 4.57. The van der Waals surface area contributed by atoms with Gasteiger partial charge in [-0.25, -0.2) is 4.79 Å². The fourth-order valence-electron chi connectivity index (χ4n) is 1.99. The molecular weight excluding hydrogens is 248 g/mol. The highest BCUT2D eigenvalue weighted by Crippen LogP contribution is 2.22. The van der Waals surface area contributed by atoms with Crippen LogP contribution in [0.4, 0.5) is 4.79 Å². The van der Waals surface area contributed by atoms with Gasteiger partial charge in [-0.15, -0.1) is 0 Å². The molecule has 0 saturated carbocycles. The SMILES string of the molecule is NC(=O)OCCCCN1C(=O)c2ccccc2C1=O. The predicted octanol–water partition coefficient (Wildman–Crippen LogP) is 1.16. The second-order valence-corrected chi connectivity index (χ2v) is 4.18. The minimum absolute atomic E-state index is 0.193. The Hall–Kier alpha value is -2.37. The molecule has 6 heteroatoms. The van der Waals surface area contributed by atoms with E-state index in [0.29, 0.717) is 30.5 Å². The fraction of sp³-hybridized carbons (Fsp3) is 0.308. The molecule has 0 atom stereocenters. The number of nitrogens with two attached hydrogens (primary N) is 1. The Balaban J connectivity index is 1.88. The van der Waals surface area contributed by atoms with Crippen LogP contribution in [0.5, 0.6) is 0 Å². The summed E-state index contributed by atoms with van der Waals surface area (Å²) in [5.41, 5.74) is 5.71. The van der Waals surface area contributed by atoms with E-state index in [9.17, 15) is 14.4 Å². The number of imide groups is 1. The molecule has 2 N–H and O–H groups in total. The van der Waals surface area contributed by atoms with Crippen LogP contribution in [0, 0.1) is 0 Å². The Morgan fingerprint density at radius 1 is 1.11 bits per heavy atom. The second-order valence-electron chi connectivity index (χ2n) is 4.18. The lowest BCUT2D eigenvalue weighted by molar-refractivity contribution is 0.0647. The summed E-state index contributed by atoms with van der Waals surface area (Å²) >= 11 is 0. The standard InChI is InChI=1S/C13H14N2O4/c14-13(18)19-8-4-3-7-15-11(16)9-5-1-2-6-10(9)12(15)17/h1-2,5-6H,3-4,7-8H2,(H2,14,18). The number of hydrogen-bond acceptors (Lipinski definition) is 4. The molecule has 19 heavy (non-hydrogen) atoms. The molecule has 3 amide bonds. The summed E-state index contributed by atoms with van der Waals surface area (Å²) in [5.74, 6) is -0.534. The molecule has 1 aromatic rings. The summed E-state index contributed by atoms with van der Waals surface area (Å²) in [7, 11) is 0. The molecule has 0 saturated heterocycles. The smallest absolute Gasteiger partial charge is 0.404 e. The zero-order valence-electron chi connectivity index (χ0n) is 10.3. The van der Waals surface area contributed by atoms with Gasteiger partial charge in [0.25, 0.3) is 11.8 Å². The molecule has 1 aromatic carbocycles. The first-order valence-electron chi connectivity index (χ1n) is 5.98. The third-order valence-electron chi connectivity index (χ3n) is 2.90. The Morgan fingerprint density at radius 3 is 2.21 bits per heavy atom. The van der Waals surface area contributed by atoms with Gasteiger partial charge in [-0.1, -0.05) is 12.1 Å². The molecule has 6 nitrogen and oxygen atoms in total. The number of carbonyl (C=O) groups is 3. The molecule has 2 rings (SSSR count). The molecular formula is C13H14N2O4. The number of carbonyl (C=O) groups excluding carboxylic acids is 3. The van der Waals surface area contributed by atoms with Crippen LogP contribution >= 0.6 is 0 Å². The van der Waals surface area contributed by atoms with Crippen molar-refractivity contribution < 1.29 is 19.1 Å². The number of hydrogen-bond donors (Lipinski definition) is 1. The molecule has 0 fully saturated rings. The third kappa shape index (κ3) is 2.73. The lowest BCUT2D eigenvalue weighted by Crippen LogP contribution is -2.30. The molecule has 1 aliphatic rings. The van der Waals surface area contributed by atoms with Gasteiger partial charge in [0.05, 0.1) is 17.7 Å². The average Bonchev–Trinajstić information content (AvgIpc) is 2.63. The normalized spacial score (nSPS) is 13.6. The van der Waals surface area contributed by atoms with Crippen molar-refractivity contribution in [2.75, 3.05) is 13.2 Å². The lowest BCUT2D eigenvalue weighted by atomic mass is 10.1. The molecule has 0 radical (unpaired) electrons. The largest absolute Gasteiger partial charge is 0.450 e. The number of unbranched alkanes of at least 4 members (excludes halogenated alkanes) is 1. The van der Waals surface area contributed by atoms with Crippen molar-refractivity contribution >= 4 is 17.9 Å². The van der Waals surface area contributed by atoms with E-state index in [-0.39, 0.29) is 18.4 Å². The Bertz CT molecular complexity index is 492. The maximum atomic E-state index is 12.0. The maximum absolute atomic E-state index is 12.0. The summed E-state index contributed by atoms with van der Waals surface area (Å²) in [6.45, 7) is 0.507. The van der Waals surface area contributed by atoms with Gasteiger partial charge in [0.2, 0.25) is 0 Å². The van der Waals surface area contributed by atoms with E-state index in [2.05, 4.69) is 4.74 Å². The number of fused-ring (bicyclic) bond motifs is 1. The van der Waals surface area contributed by atoms with Crippen molar-refractivity contribution in [1.82, 2.24) is 4.90 Å². The lowest BCUT2D eigenvalue weighted by Gasteiger charge is -2.13. The number of benzene rings is 1. The Kier molecular flexibility index (Phi) is 3.79. The quantitative estimate of drug-likeness (QED) is 0.636. The van der Waals surface area contributed by atoms with Gasteiger partial charge in [0.15, 0.2) is 0 Å². The number of primary amides is 1. The van der Waals surface area contributed by atoms with Crippen LogP contribution in [-0.4, -0.2) is 36.0 Å². The molecule has 0 bridgehead atoms. The average molecular weight is 262 g/mol. The van der Waals surface area contributed by atoms with E-state index < -0.39 is 6.09 Å². The zero-order valence-corrected chi connectivity index (χ0v) is 10.3. The van der Waals surface area contributed by atoms with Gasteiger partial charge in [-0.3, -0.25) is 14.5 Å². The molecule has 0 unspecified atom stereocenters. The topological polar surface area (TPSA) is 89.7 Å². The highest BCUT2D eigenvalue weighted by molar-refractivity contribution is 6.21. The summed E-state index contributed by atoms with van der Waals surface area (Å²) in [6.07, 6.45) is 0.301. The van der Waals surface area contributed by atoms with Gasteiger partial charge in [0, 0.05) is 6.54 Å². The first-order valence-corrected chi connectivity index (χ1v) is 5.98. The molecule has 1 heterocycles. The number of nitrogens with zero attached hydrogens (tertiary/aromatic N) is 1. The minimum Gasteiger partial charge on any atom is -0.450 e. The second kappa shape index (κ2) is 5.51. The zero-order chi connectivity index (χ0) is 13.8. The van der Waals surface area contributed by atoms with Crippen LogP contribution < -0.4 is 5.73 Å². The maximum Gasteiger partial charge on any atom is 0.404 e. The van der Waals surface area contributed by atoms with Crippen LogP contribution in [0.15, 0.2) is 24.3 Å². The first-order chi connectivity index (χ1) is 9.11. The summed E-state index contributed by atoms with van der Waals surface area (Å²) in [6, 6.07) is 6.75. The van der Waals surface area contributed by atoms with Gasteiger partial charge in [-0.05, 0) is 25.0 Å². The fourth-order valence-corrected chi connectivity index (χ4v) is 1.99. The van der Waals surface area contributed by atoms with Gasteiger partial charge < -0.3 is 10.5 Å². The highest BCUT2D eigenvalue weighted by Gasteiger charge is 2.34. The third-order valence-corrected chi connectivity index (χ3v) is 2.90. The monoisotopic (exact) mass is 262 g/mol. The van der Waals surface area contributed by atoms with Crippen molar-refractivity contribution in [2.24, 2.45) is 5.73 Å². The van der Waals surface area contributed by atoms with Crippen molar-refractivity contribution in [3.05, 3.63) is 35.4 Å². The molecule has 0 aliphatic carbocycles. The van der Waals surface area contributed by atoms with Crippen molar-refractivity contribution in [3.8, 4) is 0 Å². The van der Waals surface area contributed by atoms with Crippen LogP contribution in [0.2, 0.25) is 0 Å². The predicted molar refractivity (Wildman–Crippen MR) is 66.6 cm³/mol. The van der Waals surface area contributed by atoms with Gasteiger partial charge in [0.1, 0.15) is 0 Å². The number of rotatable bonds is 5. The van der Waals surface area contributed by atoms with Crippen molar-refractivity contribution in [2.45, 2.75) is 12.8 Å². The number of amides is 3. The van der Waals surface area contributed by atoms with E-state index in [1.807, 2.05) is 0 Å². The van der Waals surface area contributed by atoms with Crippen LogP contribution in [0.25, 0.3) is 0 Å².